The molecule has 0 fully saturated rings. The van der Waals surface area contributed by atoms with Crippen LogP contribution in [0.25, 0.3) is 11.4 Å². The van der Waals surface area contributed by atoms with Gasteiger partial charge < -0.3 is 9.84 Å². The van der Waals surface area contributed by atoms with Crippen molar-refractivity contribution < 1.29 is 30.9 Å². The summed E-state index contributed by atoms with van der Waals surface area (Å²) in [4.78, 5) is 16.1. The van der Waals surface area contributed by atoms with Crippen LogP contribution >= 0.6 is 0 Å². The van der Waals surface area contributed by atoms with Crippen molar-refractivity contribution in [3.63, 3.8) is 0 Å². The number of hydrogen-bond donors (Lipinski definition) is 2. The summed E-state index contributed by atoms with van der Waals surface area (Å²) in [7, 11) is -4.32. The van der Waals surface area contributed by atoms with E-state index in [9.17, 15) is 26.4 Å². The average Bonchev–Trinajstić information content (AvgIpc) is 3.26. The molecule has 3 rings (SSSR count). The van der Waals surface area contributed by atoms with E-state index in [1.54, 1.807) is 0 Å². The second-order valence-corrected chi connectivity index (χ2v) is 9.57. The molecule has 8 nitrogen and oxygen atoms in total. The molecule has 2 N–H and O–H groups in total. The third kappa shape index (κ3) is 7.12. The van der Waals surface area contributed by atoms with Gasteiger partial charge in [0.1, 0.15) is 6.54 Å². The van der Waals surface area contributed by atoms with Crippen molar-refractivity contribution in [1.29, 1.82) is 0 Å². The van der Waals surface area contributed by atoms with Gasteiger partial charge in [-0.2, -0.15) is 18.2 Å². The number of alkyl halides is 3. The Labute approximate surface area is 194 Å². The molecule has 0 aliphatic heterocycles. The van der Waals surface area contributed by atoms with E-state index in [0.717, 1.165) is 17.7 Å². The normalized spacial score (nSPS) is 12.2. The van der Waals surface area contributed by atoms with Crippen LogP contribution in [0, 0.1) is 0 Å². The maximum absolute atomic E-state index is 12.2. The summed E-state index contributed by atoms with van der Waals surface area (Å²) in [6, 6.07) is 12.6. The predicted octanol–water partition coefficient (Wildman–Crippen LogP) is 4.27. The first kappa shape index (κ1) is 25.4. The molecule has 0 saturated carbocycles. The van der Waals surface area contributed by atoms with Crippen molar-refractivity contribution in [2.45, 2.75) is 43.7 Å². The molecular weight excluding hydrogens is 473 g/mol. The third-order valence-corrected chi connectivity index (χ3v) is 6.20. The number of aryl methyl sites for hydroxylation is 1. The maximum Gasteiger partial charge on any atom is 0.402 e. The van der Waals surface area contributed by atoms with Gasteiger partial charge in [-0.05, 0) is 35.7 Å². The maximum atomic E-state index is 12.2. The molecule has 0 aliphatic carbocycles. The van der Waals surface area contributed by atoms with E-state index in [-0.39, 0.29) is 35.2 Å². The number of aromatic nitrogens is 2. The molecule has 3 aromatic rings. The van der Waals surface area contributed by atoms with Crippen molar-refractivity contribution >= 4 is 21.6 Å². The molecule has 2 aromatic carbocycles. The van der Waals surface area contributed by atoms with Gasteiger partial charge in [-0.25, -0.2) is 13.1 Å². The Balaban J connectivity index is 1.52. The summed E-state index contributed by atoms with van der Waals surface area (Å²) >= 11 is 0. The second kappa shape index (κ2) is 10.3. The fourth-order valence-electron chi connectivity index (χ4n) is 2.91. The van der Waals surface area contributed by atoms with Crippen LogP contribution < -0.4 is 10.0 Å². The van der Waals surface area contributed by atoms with Crippen molar-refractivity contribution in [2.24, 2.45) is 0 Å². The second-order valence-electron chi connectivity index (χ2n) is 7.80. The molecule has 0 saturated heterocycles. The summed E-state index contributed by atoms with van der Waals surface area (Å²) < 4.78 is 67.2. The van der Waals surface area contributed by atoms with Crippen LogP contribution in [0.4, 0.5) is 18.9 Å². The topological polar surface area (TPSA) is 114 Å². The highest BCUT2D eigenvalue weighted by Crippen LogP contribution is 2.21. The number of nitrogens with zero attached hydrogens (tertiary/aromatic N) is 2. The Morgan fingerprint density at radius 3 is 2.29 bits per heavy atom. The Morgan fingerprint density at radius 1 is 1.06 bits per heavy atom. The van der Waals surface area contributed by atoms with Gasteiger partial charge in [-0.3, -0.25) is 4.79 Å². The van der Waals surface area contributed by atoms with Gasteiger partial charge in [0.05, 0.1) is 4.90 Å². The number of sulfonamides is 1. The summed E-state index contributed by atoms with van der Waals surface area (Å²) in [5.74, 6) is 0.726. The molecule has 0 aliphatic rings. The number of halogens is 3. The number of rotatable bonds is 9. The molecular formula is C22H23F3N4O4S. The minimum Gasteiger partial charge on any atom is -0.339 e. The lowest BCUT2D eigenvalue weighted by Crippen LogP contribution is -2.33. The number of anilines is 1. The van der Waals surface area contributed by atoms with Crippen LogP contribution in [0.3, 0.4) is 0 Å². The third-order valence-electron chi connectivity index (χ3n) is 4.78. The van der Waals surface area contributed by atoms with Crippen molar-refractivity contribution in [1.82, 2.24) is 14.9 Å². The number of amides is 1. The first-order valence-corrected chi connectivity index (χ1v) is 11.8. The number of nitrogens with one attached hydrogen (secondary N) is 2. The average molecular weight is 497 g/mol. The van der Waals surface area contributed by atoms with Gasteiger partial charge in [0.15, 0.2) is 0 Å². The molecule has 12 heteroatoms. The smallest absolute Gasteiger partial charge is 0.339 e. The zero-order valence-corrected chi connectivity index (χ0v) is 19.2. The molecule has 182 valence electrons. The van der Waals surface area contributed by atoms with Crippen LogP contribution in [-0.4, -0.2) is 37.2 Å². The highest BCUT2D eigenvalue weighted by molar-refractivity contribution is 7.89. The van der Waals surface area contributed by atoms with E-state index in [0.29, 0.717) is 11.7 Å². The Kier molecular flexibility index (Phi) is 7.72. The Bertz CT molecular complexity index is 1220. The van der Waals surface area contributed by atoms with Gasteiger partial charge >= 0.3 is 6.18 Å². The summed E-state index contributed by atoms with van der Waals surface area (Å²) in [6.07, 6.45) is -4.45. The van der Waals surface area contributed by atoms with Crippen molar-refractivity contribution in [3.05, 3.63) is 60.0 Å². The first-order chi connectivity index (χ1) is 15.9. The van der Waals surface area contributed by atoms with E-state index in [1.807, 2.05) is 24.3 Å². The van der Waals surface area contributed by atoms with Crippen LogP contribution in [-0.2, 0) is 21.2 Å². The molecule has 0 radical (unpaired) electrons. The molecule has 0 spiro atoms. The summed E-state index contributed by atoms with van der Waals surface area (Å²) in [6.45, 7) is 2.52. The van der Waals surface area contributed by atoms with E-state index < -0.39 is 22.7 Å². The SMILES string of the molecule is CC(C)c1ccc(-c2noc(CCC(=O)Nc3ccc(S(=O)(=O)NCC(F)(F)F)cc3)n2)cc1. The van der Waals surface area contributed by atoms with Crippen molar-refractivity contribution in [3.8, 4) is 11.4 Å². The van der Waals surface area contributed by atoms with E-state index in [4.69, 9.17) is 4.52 Å². The number of carbonyl (C=O) groups is 1. The zero-order valence-electron chi connectivity index (χ0n) is 18.4. The highest BCUT2D eigenvalue weighted by atomic mass is 32.2. The fraction of sp³-hybridized carbons (Fsp3) is 0.318. The van der Waals surface area contributed by atoms with Gasteiger partial charge in [0.2, 0.25) is 27.6 Å². The lowest BCUT2D eigenvalue weighted by Gasteiger charge is -2.10. The van der Waals surface area contributed by atoms with Crippen molar-refractivity contribution in [2.75, 3.05) is 11.9 Å². The predicted molar refractivity (Wildman–Crippen MR) is 118 cm³/mol. The molecule has 1 amide bonds. The van der Waals surface area contributed by atoms with E-state index in [1.165, 1.54) is 22.4 Å². The number of benzene rings is 2. The van der Waals surface area contributed by atoms with Crippen LogP contribution in [0.2, 0.25) is 0 Å². The standard InChI is InChI=1S/C22H23F3N4O4S/c1-14(2)15-3-5-16(6-4-15)21-28-20(33-29-21)12-11-19(30)27-17-7-9-18(10-8-17)34(31,32)26-13-22(23,24)25/h3-10,14,26H,11-13H2,1-2H3,(H,27,30). The largest absolute Gasteiger partial charge is 0.402 e. The lowest BCUT2D eigenvalue weighted by molar-refractivity contribution is -0.121. The molecule has 0 unspecified atom stereocenters. The van der Waals surface area contributed by atoms with E-state index >= 15 is 0 Å². The first-order valence-electron chi connectivity index (χ1n) is 10.3. The van der Waals surface area contributed by atoms with Crippen LogP contribution in [0.1, 0.15) is 37.6 Å². The van der Waals surface area contributed by atoms with Gasteiger partial charge in [-0.1, -0.05) is 43.3 Å². The molecule has 1 aromatic heterocycles. The van der Waals surface area contributed by atoms with Crippen LogP contribution in [0.5, 0.6) is 0 Å². The number of carbonyl (C=O) groups excluding carboxylic acids is 1. The van der Waals surface area contributed by atoms with Gasteiger partial charge in [0, 0.05) is 24.1 Å². The minimum atomic E-state index is -4.67. The summed E-state index contributed by atoms with van der Waals surface area (Å²) in [5.41, 5.74) is 2.27. The molecule has 34 heavy (non-hydrogen) atoms. The van der Waals surface area contributed by atoms with Gasteiger partial charge in [0.25, 0.3) is 0 Å². The molecule has 0 atom stereocenters. The summed E-state index contributed by atoms with van der Waals surface area (Å²) in [5, 5.41) is 6.51. The number of hydrogen-bond acceptors (Lipinski definition) is 6. The highest BCUT2D eigenvalue weighted by Gasteiger charge is 2.30. The monoisotopic (exact) mass is 496 g/mol. The van der Waals surface area contributed by atoms with Gasteiger partial charge in [-0.15, -0.1) is 0 Å². The Hall–Kier alpha value is -3.25. The quantitative estimate of drug-likeness (QED) is 0.457. The lowest BCUT2D eigenvalue weighted by atomic mass is 10.0. The molecule has 0 bridgehead atoms. The van der Waals surface area contributed by atoms with E-state index in [2.05, 4.69) is 29.3 Å². The van der Waals surface area contributed by atoms with Crippen LogP contribution in [0.15, 0.2) is 57.9 Å². The zero-order chi connectivity index (χ0) is 24.9. The Morgan fingerprint density at radius 2 is 1.71 bits per heavy atom. The molecule has 1 heterocycles. The minimum absolute atomic E-state index is 0.0289. The fourth-order valence-corrected chi connectivity index (χ4v) is 3.93.